The molecule has 0 aliphatic heterocycles. The van der Waals surface area contributed by atoms with Crippen molar-refractivity contribution >= 4 is 5.97 Å². The standard InChI is InChI=1S/C11H14O2/c1-2-3-8-11(12)13-9-10-6-4-5-7-10/h4-7,9H,2-3,8H2,1H3. The summed E-state index contributed by atoms with van der Waals surface area (Å²) in [5.41, 5.74) is 0.935. The molecule has 0 unspecified atom stereocenters. The van der Waals surface area contributed by atoms with Crippen molar-refractivity contribution in [2.24, 2.45) is 0 Å². The minimum absolute atomic E-state index is 0.150. The van der Waals surface area contributed by atoms with Crippen molar-refractivity contribution in [2.75, 3.05) is 0 Å². The van der Waals surface area contributed by atoms with Crippen molar-refractivity contribution in [1.29, 1.82) is 0 Å². The predicted molar refractivity (Wildman–Crippen MR) is 52.0 cm³/mol. The summed E-state index contributed by atoms with van der Waals surface area (Å²) in [5, 5.41) is 0. The number of carbonyl (C=O) groups is 1. The highest BCUT2D eigenvalue weighted by Crippen LogP contribution is 2.07. The average Bonchev–Trinajstić information content (AvgIpc) is 2.64. The minimum Gasteiger partial charge on any atom is -0.434 e. The second kappa shape index (κ2) is 5.36. The first kappa shape index (κ1) is 9.78. The monoisotopic (exact) mass is 178 g/mol. The Hall–Kier alpha value is -1.31. The molecule has 1 rings (SSSR count). The summed E-state index contributed by atoms with van der Waals surface area (Å²) in [6.45, 7) is 2.05. The lowest BCUT2D eigenvalue weighted by molar-refractivity contribution is -0.138. The van der Waals surface area contributed by atoms with Crippen LogP contribution >= 0.6 is 0 Å². The van der Waals surface area contributed by atoms with Crippen LogP contribution in [-0.2, 0) is 9.53 Å². The summed E-state index contributed by atoms with van der Waals surface area (Å²) in [7, 11) is 0. The number of hydrogen-bond donors (Lipinski definition) is 0. The Balaban J connectivity index is 2.25. The number of esters is 1. The van der Waals surface area contributed by atoms with E-state index < -0.39 is 0 Å². The van der Waals surface area contributed by atoms with Gasteiger partial charge >= 0.3 is 5.97 Å². The minimum atomic E-state index is -0.150. The maximum absolute atomic E-state index is 11.0. The molecular formula is C11H14O2. The zero-order chi connectivity index (χ0) is 9.52. The summed E-state index contributed by atoms with van der Waals surface area (Å²) in [6.07, 6.45) is 11.5. The van der Waals surface area contributed by atoms with E-state index >= 15 is 0 Å². The molecular weight excluding hydrogens is 164 g/mol. The molecule has 13 heavy (non-hydrogen) atoms. The molecule has 0 N–H and O–H groups in total. The Labute approximate surface area is 78.6 Å². The van der Waals surface area contributed by atoms with E-state index in [9.17, 15) is 4.79 Å². The molecule has 1 aliphatic carbocycles. The van der Waals surface area contributed by atoms with E-state index in [-0.39, 0.29) is 5.97 Å². The number of hydrogen-bond acceptors (Lipinski definition) is 2. The number of carbonyl (C=O) groups excluding carboxylic acids is 1. The van der Waals surface area contributed by atoms with Gasteiger partial charge < -0.3 is 4.74 Å². The molecule has 0 heterocycles. The number of ether oxygens (including phenoxy) is 1. The topological polar surface area (TPSA) is 26.3 Å². The molecule has 0 spiro atoms. The molecule has 0 fully saturated rings. The Bertz CT molecular complexity index is 245. The van der Waals surface area contributed by atoms with Crippen LogP contribution < -0.4 is 0 Å². The number of rotatable bonds is 4. The first-order valence-corrected chi connectivity index (χ1v) is 4.57. The zero-order valence-electron chi connectivity index (χ0n) is 7.82. The van der Waals surface area contributed by atoms with Gasteiger partial charge in [0, 0.05) is 12.0 Å². The number of allylic oxidation sites excluding steroid dienone is 5. The summed E-state index contributed by atoms with van der Waals surface area (Å²) < 4.78 is 4.92. The highest BCUT2D eigenvalue weighted by atomic mass is 16.5. The molecule has 1 aliphatic rings. The quantitative estimate of drug-likeness (QED) is 0.488. The van der Waals surface area contributed by atoms with E-state index in [4.69, 9.17) is 4.74 Å². The Morgan fingerprint density at radius 2 is 2.15 bits per heavy atom. The lowest BCUT2D eigenvalue weighted by atomic mass is 10.2. The van der Waals surface area contributed by atoms with E-state index in [0.717, 1.165) is 18.4 Å². The highest BCUT2D eigenvalue weighted by Gasteiger charge is 2.00. The summed E-state index contributed by atoms with van der Waals surface area (Å²) >= 11 is 0. The van der Waals surface area contributed by atoms with Gasteiger partial charge in [-0.1, -0.05) is 37.6 Å². The fraction of sp³-hybridized carbons (Fsp3) is 0.364. The molecule has 70 valence electrons. The van der Waals surface area contributed by atoms with Crippen molar-refractivity contribution in [1.82, 2.24) is 0 Å². The molecule has 0 saturated heterocycles. The van der Waals surface area contributed by atoms with Crippen molar-refractivity contribution in [2.45, 2.75) is 26.2 Å². The van der Waals surface area contributed by atoms with E-state index in [1.807, 2.05) is 31.2 Å². The third kappa shape index (κ3) is 3.74. The summed E-state index contributed by atoms with van der Waals surface area (Å²) in [6, 6.07) is 0. The lowest BCUT2D eigenvalue weighted by Crippen LogP contribution is -1.98. The molecule has 0 bridgehead atoms. The molecule has 0 aromatic carbocycles. The Morgan fingerprint density at radius 1 is 1.46 bits per heavy atom. The third-order valence-corrected chi connectivity index (χ3v) is 1.75. The van der Waals surface area contributed by atoms with Crippen LogP contribution in [0.25, 0.3) is 0 Å². The van der Waals surface area contributed by atoms with Gasteiger partial charge in [0.25, 0.3) is 0 Å². The molecule has 0 amide bonds. The maximum atomic E-state index is 11.0. The van der Waals surface area contributed by atoms with Gasteiger partial charge in [0.15, 0.2) is 0 Å². The van der Waals surface area contributed by atoms with Crippen LogP contribution in [0.4, 0.5) is 0 Å². The van der Waals surface area contributed by atoms with Crippen LogP contribution in [0, 0.1) is 0 Å². The first-order valence-electron chi connectivity index (χ1n) is 4.57. The van der Waals surface area contributed by atoms with Crippen LogP contribution in [0.3, 0.4) is 0 Å². The van der Waals surface area contributed by atoms with Crippen LogP contribution in [0.2, 0.25) is 0 Å². The molecule has 2 nitrogen and oxygen atoms in total. The van der Waals surface area contributed by atoms with E-state index in [1.54, 1.807) is 0 Å². The zero-order valence-corrected chi connectivity index (χ0v) is 7.82. The Kier molecular flexibility index (Phi) is 4.03. The molecule has 0 atom stereocenters. The predicted octanol–water partition coefficient (Wildman–Crippen LogP) is 2.73. The van der Waals surface area contributed by atoms with Gasteiger partial charge in [0.1, 0.15) is 6.26 Å². The van der Waals surface area contributed by atoms with Crippen LogP contribution in [0.1, 0.15) is 26.2 Å². The highest BCUT2D eigenvalue weighted by molar-refractivity contribution is 5.70. The van der Waals surface area contributed by atoms with Crippen molar-refractivity contribution in [3.05, 3.63) is 36.1 Å². The largest absolute Gasteiger partial charge is 0.434 e. The second-order valence-corrected chi connectivity index (χ2v) is 2.93. The van der Waals surface area contributed by atoms with Gasteiger partial charge in [-0.3, -0.25) is 4.79 Å². The fourth-order valence-corrected chi connectivity index (χ4v) is 0.981. The smallest absolute Gasteiger partial charge is 0.310 e. The van der Waals surface area contributed by atoms with Gasteiger partial charge in [-0.05, 0) is 6.42 Å². The van der Waals surface area contributed by atoms with E-state index in [2.05, 4.69) is 0 Å². The summed E-state index contributed by atoms with van der Waals surface area (Å²) in [4.78, 5) is 11.0. The number of unbranched alkanes of at least 4 members (excludes halogenated alkanes) is 1. The Morgan fingerprint density at radius 3 is 2.77 bits per heavy atom. The van der Waals surface area contributed by atoms with E-state index in [0.29, 0.717) is 6.42 Å². The molecule has 0 saturated carbocycles. The third-order valence-electron chi connectivity index (χ3n) is 1.75. The van der Waals surface area contributed by atoms with Crippen LogP contribution in [0.5, 0.6) is 0 Å². The van der Waals surface area contributed by atoms with Gasteiger partial charge in [-0.2, -0.15) is 0 Å². The van der Waals surface area contributed by atoms with Crippen molar-refractivity contribution < 1.29 is 9.53 Å². The van der Waals surface area contributed by atoms with Gasteiger partial charge in [0.2, 0.25) is 0 Å². The summed E-state index contributed by atoms with van der Waals surface area (Å²) in [5.74, 6) is -0.150. The van der Waals surface area contributed by atoms with E-state index in [1.165, 1.54) is 6.26 Å². The van der Waals surface area contributed by atoms with Crippen molar-refractivity contribution in [3.63, 3.8) is 0 Å². The molecule has 0 aromatic heterocycles. The van der Waals surface area contributed by atoms with Gasteiger partial charge in [-0.15, -0.1) is 0 Å². The molecule has 2 heteroatoms. The second-order valence-electron chi connectivity index (χ2n) is 2.93. The average molecular weight is 178 g/mol. The fourth-order valence-electron chi connectivity index (χ4n) is 0.981. The lowest BCUT2D eigenvalue weighted by Gasteiger charge is -1.97. The van der Waals surface area contributed by atoms with Crippen LogP contribution in [0.15, 0.2) is 36.1 Å². The van der Waals surface area contributed by atoms with Crippen molar-refractivity contribution in [3.8, 4) is 0 Å². The SMILES string of the molecule is CCCCC(=O)OC=C1C=CC=C1. The van der Waals surface area contributed by atoms with Gasteiger partial charge in [-0.25, -0.2) is 0 Å². The van der Waals surface area contributed by atoms with Gasteiger partial charge in [0.05, 0.1) is 0 Å². The van der Waals surface area contributed by atoms with Crippen LogP contribution in [-0.4, -0.2) is 5.97 Å². The molecule has 0 radical (unpaired) electrons. The normalized spacial score (nSPS) is 13.5. The maximum Gasteiger partial charge on any atom is 0.310 e. The molecule has 0 aromatic rings. The first-order chi connectivity index (χ1) is 6.33.